The summed E-state index contributed by atoms with van der Waals surface area (Å²) in [4.78, 5) is 0. The predicted octanol–water partition coefficient (Wildman–Crippen LogP) is 10.3. The molecule has 0 fully saturated rings. The van der Waals surface area contributed by atoms with Gasteiger partial charge in [0.05, 0.1) is 21.9 Å². The number of hydrogen-bond acceptors (Lipinski definition) is 0. The Morgan fingerprint density at radius 1 is 0.478 bits per heavy atom. The SMILES string of the molecule is Cc1ccc(C)c(-c2c3ccc4ccccc4c3cc[n+]2/C=C\c2ccc(C)cc2-c2c3ccc4ccccc4c3cc[n+]2C)c1. The average Bonchev–Trinajstić information content (AvgIpc) is 3.08. The molecule has 0 spiro atoms. The molecule has 0 bridgehead atoms. The lowest BCUT2D eigenvalue weighted by Gasteiger charge is -2.12. The normalized spacial score (nSPS) is 11.8. The molecule has 0 aliphatic heterocycles. The van der Waals surface area contributed by atoms with Gasteiger partial charge in [-0.2, -0.15) is 4.57 Å². The van der Waals surface area contributed by atoms with Crippen LogP contribution in [0.1, 0.15) is 22.3 Å². The summed E-state index contributed by atoms with van der Waals surface area (Å²) in [7, 11) is 2.15. The van der Waals surface area contributed by atoms with Crippen molar-refractivity contribution in [2.75, 3.05) is 0 Å². The van der Waals surface area contributed by atoms with Crippen LogP contribution in [-0.4, -0.2) is 0 Å². The molecule has 0 unspecified atom stereocenters. The summed E-state index contributed by atoms with van der Waals surface area (Å²) in [6.07, 6.45) is 8.93. The molecule has 2 aromatic heterocycles. The van der Waals surface area contributed by atoms with E-state index >= 15 is 0 Å². The lowest BCUT2D eigenvalue weighted by atomic mass is 9.94. The van der Waals surface area contributed by atoms with Crippen LogP contribution in [0.5, 0.6) is 0 Å². The smallest absolute Gasteiger partial charge is 0.200 e. The van der Waals surface area contributed by atoms with Crippen molar-refractivity contribution in [2.24, 2.45) is 7.05 Å². The van der Waals surface area contributed by atoms with Crippen molar-refractivity contribution >= 4 is 55.4 Å². The van der Waals surface area contributed by atoms with Crippen LogP contribution >= 0.6 is 0 Å². The Morgan fingerprint density at radius 3 is 1.76 bits per heavy atom. The average molecular weight is 593 g/mol. The summed E-state index contributed by atoms with van der Waals surface area (Å²) >= 11 is 0. The van der Waals surface area contributed by atoms with Gasteiger partial charge in [0.15, 0.2) is 18.6 Å². The third kappa shape index (κ3) is 4.66. The van der Waals surface area contributed by atoms with Crippen LogP contribution in [0, 0.1) is 20.8 Å². The van der Waals surface area contributed by atoms with E-state index in [4.69, 9.17) is 0 Å². The van der Waals surface area contributed by atoms with E-state index in [9.17, 15) is 0 Å². The van der Waals surface area contributed by atoms with Crippen molar-refractivity contribution in [2.45, 2.75) is 20.8 Å². The molecule has 8 rings (SSSR count). The minimum absolute atomic E-state index is 1.18. The summed E-state index contributed by atoms with van der Waals surface area (Å²) in [6.45, 7) is 6.57. The Hall–Kier alpha value is -5.60. The minimum Gasteiger partial charge on any atom is -0.200 e. The van der Waals surface area contributed by atoms with Crippen LogP contribution in [0.25, 0.3) is 77.9 Å². The minimum atomic E-state index is 1.18. The second kappa shape index (κ2) is 11.1. The highest BCUT2D eigenvalue weighted by Crippen LogP contribution is 2.35. The van der Waals surface area contributed by atoms with E-state index in [1.165, 1.54) is 87.9 Å². The molecule has 2 nitrogen and oxygen atoms in total. The molecule has 0 saturated heterocycles. The Kier molecular flexibility index (Phi) is 6.73. The van der Waals surface area contributed by atoms with Gasteiger partial charge in [-0.1, -0.05) is 96.1 Å². The van der Waals surface area contributed by atoms with E-state index in [0.29, 0.717) is 0 Å². The highest BCUT2D eigenvalue weighted by Gasteiger charge is 2.22. The largest absolute Gasteiger partial charge is 0.226 e. The van der Waals surface area contributed by atoms with E-state index in [1.807, 2.05) is 0 Å². The first-order valence-corrected chi connectivity index (χ1v) is 16.0. The van der Waals surface area contributed by atoms with E-state index in [-0.39, 0.29) is 0 Å². The van der Waals surface area contributed by atoms with Crippen molar-refractivity contribution in [3.05, 3.63) is 156 Å². The van der Waals surface area contributed by atoms with Gasteiger partial charge >= 0.3 is 0 Å². The first kappa shape index (κ1) is 27.9. The molecule has 46 heavy (non-hydrogen) atoms. The summed E-state index contributed by atoms with van der Waals surface area (Å²) in [6, 6.07) is 44.5. The van der Waals surface area contributed by atoms with Gasteiger partial charge in [-0.3, -0.25) is 0 Å². The number of rotatable bonds is 4. The van der Waals surface area contributed by atoms with Gasteiger partial charge in [0.2, 0.25) is 11.4 Å². The first-order chi connectivity index (χ1) is 22.5. The second-order valence-corrected chi connectivity index (χ2v) is 12.6. The van der Waals surface area contributed by atoms with Crippen molar-refractivity contribution in [1.29, 1.82) is 0 Å². The molecule has 0 aliphatic rings. The molecule has 0 amide bonds. The van der Waals surface area contributed by atoms with Gasteiger partial charge in [-0.05, 0) is 77.7 Å². The van der Waals surface area contributed by atoms with Crippen LogP contribution in [0.15, 0.2) is 134 Å². The number of fused-ring (bicyclic) bond motifs is 6. The lowest BCUT2D eigenvalue weighted by Crippen LogP contribution is -2.31. The highest BCUT2D eigenvalue weighted by molar-refractivity contribution is 6.12. The molecule has 0 radical (unpaired) electrons. The maximum absolute atomic E-state index is 2.33. The van der Waals surface area contributed by atoms with E-state index in [0.717, 1.165) is 0 Å². The summed E-state index contributed by atoms with van der Waals surface area (Å²) < 4.78 is 4.57. The van der Waals surface area contributed by atoms with Crippen LogP contribution in [0.2, 0.25) is 0 Å². The number of nitrogens with zero attached hydrogens (tertiary/aromatic N) is 2. The molecule has 0 N–H and O–H groups in total. The van der Waals surface area contributed by atoms with Crippen molar-refractivity contribution in [1.82, 2.24) is 0 Å². The van der Waals surface area contributed by atoms with Crippen LogP contribution < -0.4 is 9.13 Å². The fourth-order valence-electron chi connectivity index (χ4n) is 7.10. The summed E-state index contributed by atoms with van der Waals surface area (Å²) in [5, 5.41) is 10.1. The zero-order valence-corrected chi connectivity index (χ0v) is 26.8. The monoisotopic (exact) mass is 592 g/mol. The standard InChI is InChI=1S/C44H36N2/c1-29-13-15-31(3)41(27-29)44-40-20-18-33-10-6-8-12-36(33)38(40)23-26-46(44)25-21-34-16-14-30(2)28-42(34)43-39-19-17-32-9-5-7-11-35(32)37(39)22-24-45(43)4/h5-28H,1-4H3/q+2/b25-21-. The van der Waals surface area contributed by atoms with Gasteiger partial charge in [0.25, 0.3) is 0 Å². The fraction of sp³-hybridized carbons (Fsp3) is 0.0909. The Balaban J connectivity index is 1.36. The maximum atomic E-state index is 2.33. The van der Waals surface area contributed by atoms with Gasteiger partial charge in [0.1, 0.15) is 7.05 Å². The fourth-order valence-corrected chi connectivity index (χ4v) is 7.10. The molecule has 0 aliphatic carbocycles. The van der Waals surface area contributed by atoms with Crippen molar-refractivity contribution < 1.29 is 9.13 Å². The number of hydrogen-bond donors (Lipinski definition) is 0. The van der Waals surface area contributed by atoms with E-state index in [2.05, 4.69) is 183 Å². The molecular weight excluding hydrogens is 556 g/mol. The first-order valence-electron chi connectivity index (χ1n) is 16.0. The van der Waals surface area contributed by atoms with E-state index < -0.39 is 0 Å². The molecule has 0 saturated carbocycles. The molecule has 2 heterocycles. The van der Waals surface area contributed by atoms with Gasteiger partial charge in [0, 0.05) is 29.0 Å². The lowest BCUT2D eigenvalue weighted by molar-refractivity contribution is -0.659. The third-order valence-electron chi connectivity index (χ3n) is 9.46. The van der Waals surface area contributed by atoms with Crippen molar-refractivity contribution in [3.8, 4) is 22.5 Å². The quantitative estimate of drug-likeness (QED) is 0.142. The van der Waals surface area contributed by atoms with Gasteiger partial charge < -0.3 is 0 Å². The topological polar surface area (TPSA) is 7.76 Å². The number of aryl methyl sites for hydroxylation is 4. The number of benzene rings is 6. The summed E-state index contributed by atoms with van der Waals surface area (Å²) in [5.74, 6) is 0. The summed E-state index contributed by atoms with van der Waals surface area (Å²) in [5.41, 5.74) is 9.84. The zero-order valence-electron chi connectivity index (χ0n) is 26.8. The second-order valence-electron chi connectivity index (χ2n) is 12.6. The number of aromatic nitrogens is 2. The Bertz CT molecular complexity index is 2520. The van der Waals surface area contributed by atoms with Crippen molar-refractivity contribution in [3.63, 3.8) is 0 Å². The van der Waals surface area contributed by atoms with Crippen LogP contribution in [0.4, 0.5) is 0 Å². The number of pyridine rings is 2. The Morgan fingerprint density at radius 2 is 1.07 bits per heavy atom. The molecule has 6 aromatic carbocycles. The highest BCUT2D eigenvalue weighted by atomic mass is 14.9. The third-order valence-corrected chi connectivity index (χ3v) is 9.46. The molecule has 2 heteroatoms. The molecule has 220 valence electrons. The van der Waals surface area contributed by atoms with E-state index in [1.54, 1.807) is 0 Å². The van der Waals surface area contributed by atoms with Crippen LogP contribution in [-0.2, 0) is 7.05 Å². The zero-order chi connectivity index (χ0) is 31.4. The van der Waals surface area contributed by atoms with Crippen LogP contribution in [0.3, 0.4) is 0 Å². The molecule has 8 aromatic rings. The molecular formula is C44H36N2+2. The van der Waals surface area contributed by atoms with Gasteiger partial charge in [-0.25, -0.2) is 4.57 Å². The van der Waals surface area contributed by atoms with Gasteiger partial charge in [-0.15, -0.1) is 0 Å². The Labute approximate surface area is 270 Å². The maximum Gasteiger partial charge on any atom is 0.226 e. The molecule has 0 atom stereocenters. The predicted molar refractivity (Wildman–Crippen MR) is 195 cm³/mol.